The predicted octanol–water partition coefficient (Wildman–Crippen LogP) is 6.19. The van der Waals surface area contributed by atoms with Crippen LogP contribution in [0.4, 0.5) is 0 Å². The topological polar surface area (TPSA) is 74.3 Å². The van der Waals surface area contributed by atoms with Crippen molar-refractivity contribution in [3.05, 3.63) is 101 Å². The first-order valence-electron chi connectivity index (χ1n) is 10.8. The maximum atomic E-state index is 12.4. The number of hydrogen-bond donors (Lipinski definition) is 1. The van der Waals surface area contributed by atoms with Gasteiger partial charge in [0.2, 0.25) is 5.91 Å². The Morgan fingerprint density at radius 3 is 2.26 bits per heavy atom. The molecule has 4 aromatic carbocycles. The van der Waals surface area contributed by atoms with E-state index in [0.29, 0.717) is 33.7 Å². The van der Waals surface area contributed by atoms with Crippen LogP contribution in [0.3, 0.4) is 0 Å². The summed E-state index contributed by atoms with van der Waals surface area (Å²) >= 11 is 6.09. The fourth-order valence-corrected chi connectivity index (χ4v) is 4.53. The maximum Gasteiger partial charge on any atom is 0.308 e. The van der Waals surface area contributed by atoms with Crippen LogP contribution in [-0.4, -0.2) is 16.4 Å². The molecule has 1 aromatic heterocycles. The Morgan fingerprint density at radius 1 is 0.853 bits per heavy atom. The highest BCUT2D eigenvalue weighted by Crippen LogP contribution is 2.41. The van der Waals surface area contributed by atoms with E-state index in [1.165, 1.54) is 6.92 Å². The number of aromatic nitrogens is 1. The Labute approximate surface area is 201 Å². The molecule has 0 radical (unpaired) electrons. The summed E-state index contributed by atoms with van der Waals surface area (Å²) in [6, 6.07) is 26.8. The van der Waals surface area contributed by atoms with Gasteiger partial charge in [-0.05, 0) is 53.1 Å². The molecule has 1 amide bonds. The minimum atomic E-state index is -0.542. The van der Waals surface area contributed by atoms with E-state index < -0.39 is 11.9 Å². The minimum absolute atomic E-state index is 0.375. The Bertz CT molecular complexity index is 1550. The molecule has 0 unspecified atom stereocenters. The second-order valence-corrected chi connectivity index (χ2v) is 8.54. The fraction of sp³-hybridized carbons (Fsp3) is 0.0714. The smallest absolute Gasteiger partial charge is 0.308 e. The van der Waals surface area contributed by atoms with E-state index in [2.05, 4.69) is 4.57 Å². The van der Waals surface area contributed by atoms with Crippen molar-refractivity contribution in [3.8, 4) is 16.9 Å². The van der Waals surface area contributed by atoms with Gasteiger partial charge in [0, 0.05) is 29.4 Å². The number of ether oxygens (including phenoxy) is 1. The highest BCUT2D eigenvalue weighted by Gasteiger charge is 2.22. The van der Waals surface area contributed by atoms with Crippen LogP contribution >= 0.6 is 11.6 Å². The van der Waals surface area contributed by atoms with Gasteiger partial charge < -0.3 is 15.0 Å². The Morgan fingerprint density at radius 2 is 1.59 bits per heavy atom. The lowest BCUT2D eigenvalue weighted by molar-refractivity contribution is -0.131. The van der Waals surface area contributed by atoms with Crippen molar-refractivity contribution in [1.29, 1.82) is 0 Å². The van der Waals surface area contributed by atoms with Crippen molar-refractivity contribution in [2.24, 2.45) is 5.73 Å². The number of benzene rings is 4. The van der Waals surface area contributed by atoms with Crippen molar-refractivity contribution in [2.75, 3.05) is 0 Å². The third kappa shape index (κ3) is 3.91. The van der Waals surface area contributed by atoms with Crippen molar-refractivity contribution < 1.29 is 14.3 Å². The van der Waals surface area contributed by atoms with E-state index in [-0.39, 0.29) is 0 Å². The molecule has 168 valence electrons. The van der Waals surface area contributed by atoms with Crippen molar-refractivity contribution >= 4 is 45.3 Å². The van der Waals surface area contributed by atoms with Crippen LogP contribution in [0.1, 0.15) is 22.8 Å². The van der Waals surface area contributed by atoms with Gasteiger partial charge >= 0.3 is 5.97 Å². The number of primary amides is 1. The van der Waals surface area contributed by atoms with Gasteiger partial charge in [0.15, 0.2) is 0 Å². The second kappa shape index (κ2) is 8.69. The fourth-order valence-electron chi connectivity index (χ4n) is 4.41. The number of rotatable bonds is 5. The highest BCUT2D eigenvalue weighted by atomic mass is 35.5. The van der Waals surface area contributed by atoms with Crippen LogP contribution < -0.4 is 10.5 Å². The maximum absolute atomic E-state index is 12.4. The standard InChI is InChI=1S/C28H21ClN2O3/c1-17(32)34-25-15-20(19-10-12-21(29)13-11-19)14-24-27(25)26-22(28(30)33)8-5-9-23(26)31(24)16-18-6-3-2-4-7-18/h2-15H,16H2,1H3,(H2,30,33). The number of nitrogens with zero attached hydrogens (tertiary/aromatic N) is 1. The van der Waals surface area contributed by atoms with E-state index in [1.807, 2.05) is 78.9 Å². The molecule has 0 aliphatic heterocycles. The molecule has 0 spiro atoms. The molecule has 0 aliphatic carbocycles. The van der Waals surface area contributed by atoms with Gasteiger partial charge in [0.1, 0.15) is 5.75 Å². The summed E-state index contributed by atoms with van der Waals surface area (Å²) in [5, 5.41) is 1.97. The number of nitrogens with two attached hydrogens (primary N) is 1. The van der Waals surface area contributed by atoms with E-state index in [4.69, 9.17) is 22.1 Å². The zero-order chi connectivity index (χ0) is 23.8. The summed E-state index contributed by atoms with van der Waals surface area (Å²) in [5.41, 5.74) is 10.7. The molecule has 0 saturated carbocycles. The molecular formula is C28H21ClN2O3. The zero-order valence-electron chi connectivity index (χ0n) is 18.4. The molecule has 0 atom stereocenters. The van der Waals surface area contributed by atoms with Crippen LogP contribution in [0.5, 0.6) is 5.75 Å². The second-order valence-electron chi connectivity index (χ2n) is 8.10. The average Bonchev–Trinajstić information content (AvgIpc) is 3.13. The summed E-state index contributed by atoms with van der Waals surface area (Å²) in [7, 11) is 0. The molecule has 0 saturated heterocycles. The lowest BCUT2D eigenvalue weighted by Gasteiger charge is -2.11. The van der Waals surface area contributed by atoms with Crippen molar-refractivity contribution in [3.63, 3.8) is 0 Å². The molecule has 0 aliphatic rings. The summed E-state index contributed by atoms with van der Waals surface area (Å²) in [6.45, 7) is 1.92. The lowest BCUT2D eigenvalue weighted by Crippen LogP contribution is -2.11. The summed E-state index contributed by atoms with van der Waals surface area (Å²) < 4.78 is 7.81. The number of fused-ring (bicyclic) bond motifs is 3. The van der Waals surface area contributed by atoms with Crippen molar-refractivity contribution in [1.82, 2.24) is 4.57 Å². The normalized spacial score (nSPS) is 11.1. The quantitative estimate of drug-likeness (QED) is 0.247. The van der Waals surface area contributed by atoms with E-state index >= 15 is 0 Å². The minimum Gasteiger partial charge on any atom is -0.426 e. The largest absolute Gasteiger partial charge is 0.426 e. The zero-order valence-corrected chi connectivity index (χ0v) is 19.2. The van der Waals surface area contributed by atoms with Crippen LogP contribution in [-0.2, 0) is 11.3 Å². The third-order valence-corrected chi connectivity index (χ3v) is 6.09. The lowest BCUT2D eigenvalue weighted by atomic mass is 10.0. The van der Waals surface area contributed by atoms with Gasteiger partial charge in [-0.25, -0.2) is 0 Å². The van der Waals surface area contributed by atoms with E-state index in [0.717, 1.165) is 27.7 Å². The van der Waals surface area contributed by atoms with Crippen molar-refractivity contribution in [2.45, 2.75) is 13.5 Å². The molecule has 6 heteroatoms. The molecule has 5 nitrogen and oxygen atoms in total. The number of esters is 1. The van der Waals surface area contributed by atoms with Crippen LogP contribution in [0.25, 0.3) is 32.9 Å². The molecule has 2 N–H and O–H groups in total. The van der Waals surface area contributed by atoms with Gasteiger partial charge in [-0.2, -0.15) is 0 Å². The number of amides is 1. The van der Waals surface area contributed by atoms with Crippen LogP contribution in [0.15, 0.2) is 84.9 Å². The number of halogens is 1. The molecule has 5 rings (SSSR count). The average molecular weight is 469 g/mol. The summed E-state index contributed by atoms with van der Waals surface area (Å²) in [5.74, 6) is -0.615. The number of carbonyl (C=O) groups is 2. The van der Waals surface area contributed by atoms with Gasteiger partial charge in [-0.15, -0.1) is 0 Å². The van der Waals surface area contributed by atoms with E-state index in [1.54, 1.807) is 6.07 Å². The predicted molar refractivity (Wildman–Crippen MR) is 135 cm³/mol. The Hall–Kier alpha value is -4.09. The summed E-state index contributed by atoms with van der Waals surface area (Å²) in [4.78, 5) is 24.4. The monoisotopic (exact) mass is 468 g/mol. The SMILES string of the molecule is CC(=O)Oc1cc(-c2ccc(Cl)cc2)cc2c1c1c(C(N)=O)cccc1n2Cc1ccccc1. The van der Waals surface area contributed by atoms with Gasteiger partial charge in [-0.3, -0.25) is 9.59 Å². The number of hydrogen-bond acceptors (Lipinski definition) is 3. The Balaban J connectivity index is 1.90. The highest BCUT2D eigenvalue weighted by molar-refractivity contribution is 6.30. The molecular weight excluding hydrogens is 448 g/mol. The first-order chi connectivity index (χ1) is 16.4. The van der Waals surface area contributed by atoms with Gasteiger partial charge in [-0.1, -0.05) is 60.1 Å². The molecule has 34 heavy (non-hydrogen) atoms. The van der Waals surface area contributed by atoms with Gasteiger partial charge in [0.05, 0.1) is 16.4 Å². The number of carbonyl (C=O) groups excluding carboxylic acids is 2. The molecule has 0 bridgehead atoms. The van der Waals surface area contributed by atoms with Crippen LogP contribution in [0.2, 0.25) is 5.02 Å². The summed E-state index contributed by atoms with van der Waals surface area (Å²) in [6.07, 6.45) is 0. The third-order valence-electron chi connectivity index (χ3n) is 5.84. The first-order valence-corrected chi connectivity index (χ1v) is 11.2. The molecule has 0 fully saturated rings. The Kier molecular flexibility index (Phi) is 5.56. The first kappa shape index (κ1) is 21.7. The molecule has 1 heterocycles. The van der Waals surface area contributed by atoms with E-state index in [9.17, 15) is 9.59 Å². The molecule has 5 aromatic rings. The van der Waals surface area contributed by atoms with Gasteiger partial charge in [0.25, 0.3) is 0 Å². The van der Waals surface area contributed by atoms with Crippen LogP contribution in [0, 0.1) is 0 Å².